The Morgan fingerprint density at radius 1 is 1.36 bits per heavy atom. The summed E-state index contributed by atoms with van der Waals surface area (Å²) < 4.78 is 19.1. The van der Waals surface area contributed by atoms with Crippen molar-refractivity contribution in [3.63, 3.8) is 0 Å². The number of anilines is 1. The second-order valence-corrected chi connectivity index (χ2v) is 5.14. The van der Waals surface area contributed by atoms with E-state index in [-0.39, 0.29) is 29.4 Å². The Hall–Kier alpha value is -2.63. The van der Waals surface area contributed by atoms with Gasteiger partial charge in [0.15, 0.2) is 5.78 Å². The number of rotatable bonds is 2. The van der Waals surface area contributed by atoms with Gasteiger partial charge in [-0.3, -0.25) is 9.59 Å². The van der Waals surface area contributed by atoms with Gasteiger partial charge in [-0.2, -0.15) is 0 Å². The highest BCUT2D eigenvalue weighted by molar-refractivity contribution is 6.13. The van der Waals surface area contributed by atoms with Crippen LogP contribution in [0.3, 0.4) is 0 Å². The van der Waals surface area contributed by atoms with Gasteiger partial charge < -0.3 is 15.2 Å². The summed E-state index contributed by atoms with van der Waals surface area (Å²) in [4.78, 5) is 24.4. The number of benzene rings is 1. The first-order chi connectivity index (χ1) is 10.6. The zero-order valence-corrected chi connectivity index (χ0v) is 11.7. The van der Waals surface area contributed by atoms with Crippen LogP contribution in [0, 0.1) is 5.82 Å². The van der Waals surface area contributed by atoms with Crippen molar-refractivity contribution in [1.82, 2.24) is 0 Å². The lowest BCUT2D eigenvalue weighted by Crippen LogP contribution is -2.18. The number of ether oxygens (including phenoxy) is 1. The van der Waals surface area contributed by atoms with Crippen LogP contribution in [0.1, 0.15) is 19.3 Å². The SMILES string of the molecule is O=C1CCCC=C2OCC(C(=O)Nc3ccc(O)cc3F)=C12. The van der Waals surface area contributed by atoms with E-state index in [2.05, 4.69) is 5.32 Å². The number of hydrogen-bond acceptors (Lipinski definition) is 4. The van der Waals surface area contributed by atoms with Crippen molar-refractivity contribution in [2.75, 3.05) is 11.9 Å². The Morgan fingerprint density at radius 2 is 2.18 bits per heavy atom. The number of Topliss-reactive ketones (excluding diaryl/α,β-unsaturated/α-hetero) is 1. The van der Waals surface area contributed by atoms with Gasteiger partial charge in [-0.15, -0.1) is 0 Å². The Balaban J connectivity index is 1.90. The molecular weight excluding hydrogens is 289 g/mol. The molecule has 0 atom stereocenters. The molecule has 3 rings (SSSR count). The number of halogens is 1. The number of carbonyl (C=O) groups excluding carboxylic acids is 2. The number of fused-ring (bicyclic) bond motifs is 1. The summed E-state index contributed by atoms with van der Waals surface area (Å²) in [7, 11) is 0. The topological polar surface area (TPSA) is 75.6 Å². The maximum atomic E-state index is 13.7. The Kier molecular flexibility index (Phi) is 3.66. The average molecular weight is 303 g/mol. The molecule has 1 aromatic rings. The highest BCUT2D eigenvalue weighted by Crippen LogP contribution is 2.31. The molecular formula is C16H14FNO4. The van der Waals surface area contributed by atoms with Crippen molar-refractivity contribution < 1.29 is 23.8 Å². The maximum absolute atomic E-state index is 13.7. The molecule has 0 aromatic heterocycles. The van der Waals surface area contributed by atoms with E-state index in [1.54, 1.807) is 0 Å². The van der Waals surface area contributed by atoms with E-state index in [4.69, 9.17) is 9.84 Å². The summed E-state index contributed by atoms with van der Waals surface area (Å²) in [5.74, 6) is -1.23. The van der Waals surface area contributed by atoms with Crippen molar-refractivity contribution in [3.8, 4) is 5.75 Å². The highest BCUT2D eigenvalue weighted by atomic mass is 19.1. The Labute approximate surface area is 126 Å². The van der Waals surface area contributed by atoms with E-state index >= 15 is 0 Å². The Bertz CT molecular complexity index is 721. The molecule has 1 heterocycles. The molecule has 0 spiro atoms. The normalized spacial score (nSPS) is 17.5. The number of amides is 1. The predicted octanol–water partition coefficient (Wildman–Crippen LogP) is 2.43. The van der Waals surface area contributed by atoms with E-state index < -0.39 is 11.7 Å². The molecule has 1 amide bonds. The number of carbonyl (C=O) groups is 2. The van der Waals surface area contributed by atoms with E-state index in [0.29, 0.717) is 17.8 Å². The second kappa shape index (κ2) is 5.63. The minimum Gasteiger partial charge on any atom is -0.508 e. The van der Waals surface area contributed by atoms with Crippen molar-refractivity contribution in [2.24, 2.45) is 0 Å². The fourth-order valence-corrected chi connectivity index (χ4v) is 2.51. The predicted molar refractivity (Wildman–Crippen MR) is 76.6 cm³/mol. The molecule has 1 aromatic carbocycles. The smallest absolute Gasteiger partial charge is 0.256 e. The maximum Gasteiger partial charge on any atom is 0.256 e. The Morgan fingerprint density at radius 3 is 2.95 bits per heavy atom. The third-order valence-electron chi connectivity index (χ3n) is 3.61. The summed E-state index contributed by atoms with van der Waals surface area (Å²) >= 11 is 0. The zero-order valence-electron chi connectivity index (χ0n) is 11.7. The third-order valence-corrected chi connectivity index (χ3v) is 3.61. The first-order valence-electron chi connectivity index (χ1n) is 6.96. The van der Waals surface area contributed by atoms with Crippen LogP contribution in [0.4, 0.5) is 10.1 Å². The average Bonchev–Trinajstić information content (AvgIpc) is 2.82. The number of nitrogens with one attached hydrogen (secondary N) is 1. The van der Waals surface area contributed by atoms with Crippen molar-refractivity contribution in [2.45, 2.75) is 19.3 Å². The van der Waals surface area contributed by atoms with E-state index in [9.17, 15) is 14.0 Å². The summed E-state index contributed by atoms with van der Waals surface area (Å²) in [6.45, 7) is -0.00155. The van der Waals surface area contributed by atoms with Gasteiger partial charge in [0.2, 0.25) is 0 Å². The number of hydrogen-bond donors (Lipinski definition) is 2. The highest BCUT2D eigenvalue weighted by Gasteiger charge is 2.32. The minimum atomic E-state index is -0.749. The molecule has 1 aliphatic carbocycles. The molecule has 22 heavy (non-hydrogen) atoms. The molecule has 2 N–H and O–H groups in total. The molecule has 5 nitrogen and oxygen atoms in total. The number of aromatic hydroxyl groups is 1. The van der Waals surface area contributed by atoms with Gasteiger partial charge >= 0.3 is 0 Å². The summed E-state index contributed by atoms with van der Waals surface area (Å²) in [5, 5.41) is 11.6. The van der Waals surface area contributed by atoms with Crippen LogP contribution in [0.25, 0.3) is 0 Å². The lowest BCUT2D eigenvalue weighted by Gasteiger charge is -2.07. The number of phenolic OH excluding ortho intramolecular Hbond substituents is 1. The van der Waals surface area contributed by atoms with E-state index in [1.807, 2.05) is 6.08 Å². The van der Waals surface area contributed by atoms with Gasteiger partial charge in [-0.05, 0) is 31.1 Å². The zero-order chi connectivity index (χ0) is 15.7. The monoisotopic (exact) mass is 303 g/mol. The molecule has 6 heteroatoms. The van der Waals surface area contributed by atoms with Gasteiger partial charge in [0, 0.05) is 12.5 Å². The quantitative estimate of drug-likeness (QED) is 0.823. The fraction of sp³-hybridized carbons (Fsp3) is 0.250. The molecule has 114 valence electrons. The van der Waals surface area contributed by atoms with E-state index in [1.165, 1.54) is 12.1 Å². The van der Waals surface area contributed by atoms with Gasteiger partial charge in [-0.25, -0.2) is 4.39 Å². The molecule has 1 aliphatic heterocycles. The minimum absolute atomic E-state index is 0.00155. The van der Waals surface area contributed by atoms with Crippen LogP contribution in [0.2, 0.25) is 0 Å². The lowest BCUT2D eigenvalue weighted by atomic mass is 10.0. The fourth-order valence-electron chi connectivity index (χ4n) is 2.51. The van der Waals surface area contributed by atoms with Crippen LogP contribution < -0.4 is 5.32 Å². The summed E-state index contributed by atoms with van der Waals surface area (Å²) in [6, 6.07) is 3.43. The second-order valence-electron chi connectivity index (χ2n) is 5.14. The lowest BCUT2D eigenvalue weighted by molar-refractivity contribution is -0.116. The van der Waals surface area contributed by atoms with Crippen LogP contribution in [-0.2, 0) is 14.3 Å². The van der Waals surface area contributed by atoms with Gasteiger partial charge in [-0.1, -0.05) is 0 Å². The standard InChI is InChI=1S/C16H14FNO4/c17-11-7-9(19)5-6-12(11)18-16(21)10-8-22-14-4-2-1-3-13(20)15(10)14/h4-7,19H,1-3,8H2,(H,18,21). The molecule has 0 saturated carbocycles. The van der Waals surface area contributed by atoms with Crippen LogP contribution in [0.5, 0.6) is 5.75 Å². The first-order valence-corrected chi connectivity index (χ1v) is 6.96. The molecule has 0 unspecified atom stereocenters. The van der Waals surface area contributed by atoms with Crippen molar-refractivity contribution in [3.05, 3.63) is 47.0 Å². The molecule has 2 aliphatic rings. The van der Waals surface area contributed by atoms with Crippen LogP contribution >= 0.6 is 0 Å². The van der Waals surface area contributed by atoms with Gasteiger partial charge in [0.05, 0.1) is 16.8 Å². The largest absolute Gasteiger partial charge is 0.508 e. The number of ketones is 1. The van der Waals surface area contributed by atoms with Crippen LogP contribution in [-0.4, -0.2) is 23.4 Å². The van der Waals surface area contributed by atoms with Gasteiger partial charge in [0.25, 0.3) is 5.91 Å². The molecule has 0 saturated heterocycles. The molecule has 0 bridgehead atoms. The summed E-state index contributed by atoms with van der Waals surface area (Å²) in [5.41, 5.74) is 0.453. The number of allylic oxidation sites excluding steroid dienone is 2. The van der Waals surface area contributed by atoms with Crippen molar-refractivity contribution >= 4 is 17.4 Å². The van der Waals surface area contributed by atoms with E-state index in [0.717, 1.165) is 18.9 Å². The first kappa shape index (κ1) is 14.3. The van der Waals surface area contributed by atoms with Crippen LogP contribution in [0.15, 0.2) is 41.2 Å². The summed E-state index contributed by atoms with van der Waals surface area (Å²) in [6.07, 6.45) is 3.62. The third kappa shape index (κ3) is 2.59. The molecule has 0 fully saturated rings. The van der Waals surface area contributed by atoms with Crippen molar-refractivity contribution in [1.29, 1.82) is 0 Å². The number of phenols is 1. The molecule has 0 radical (unpaired) electrons. The van der Waals surface area contributed by atoms with Gasteiger partial charge in [0.1, 0.15) is 23.9 Å².